The number of nitrogens with zero attached hydrogens (tertiary/aromatic N) is 2. The van der Waals surface area contributed by atoms with Crippen LogP contribution in [0.5, 0.6) is 0 Å². The molecule has 0 aliphatic carbocycles. The van der Waals surface area contributed by atoms with Gasteiger partial charge in [0, 0.05) is 18.7 Å². The minimum absolute atomic E-state index is 0.0962. The van der Waals surface area contributed by atoms with Gasteiger partial charge in [0.15, 0.2) is 6.29 Å². The Labute approximate surface area is 148 Å². The van der Waals surface area contributed by atoms with Gasteiger partial charge in [0.25, 0.3) is 0 Å². The number of carbonyl (C=O) groups is 1. The van der Waals surface area contributed by atoms with Crippen LogP contribution < -0.4 is 5.43 Å². The van der Waals surface area contributed by atoms with Gasteiger partial charge in [0.2, 0.25) is 5.43 Å². The molecule has 2 rings (SSSR count). The normalized spacial score (nSPS) is 12.4. The minimum atomic E-state index is -4.79. The predicted molar refractivity (Wildman–Crippen MR) is 84.8 cm³/mol. The van der Waals surface area contributed by atoms with Gasteiger partial charge in [-0.2, -0.15) is 18.3 Å². The number of carbonyl (C=O) groups excluding carboxylic acids is 1. The van der Waals surface area contributed by atoms with Crippen LogP contribution in [0.4, 0.5) is 17.6 Å². The minimum Gasteiger partial charge on any atom is -0.297 e. The second-order valence-electron chi connectivity index (χ2n) is 4.86. The molecule has 0 bridgehead atoms. The van der Waals surface area contributed by atoms with Crippen LogP contribution in [0.3, 0.4) is 0 Å². The third-order valence-corrected chi connectivity index (χ3v) is 3.66. The standard InChI is InChI=1S/C15H8Cl2F4N2O2/c1-23-13(15(19,20)21)5-12(25)14(22-23)9-3-7(2-8(16)6-24)10(17)4-11(9)18/h2-6H,1H3/b8-2-. The first-order valence-corrected chi connectivity index (χ1v) is 7.27. The largest absolute Gasteiger partial charge is 0.433 e. The summed E-state index contributed by atoms with van der Waals surface area (Å²) >= 11 is 11.4. The molecule has 4 nitrogen and oxygen atoms in total. The smallest absolute Gasteiger partial charge is 0.297 e. The van der Waals surface area contributed by atoms with E-state index in [0.29, 0.717) is 17.0 Å². The summed E-state index contributed by atoms with van der Waals surface area (Å²) in [6.45, 7) is 0. The van der Waals surface area contributed by atoms with Gasteiger partial charge in [0.1, 0.15) is 17.2 Å². The Morgan fingerprint density at radius 2 is 1.92 bits per heavy atom. The summed E-state index contributed by atoms with van der Waals surface area (Å²) in [6.07, 6.45) is -3.35. The second-order valence-corrected chi connectivity index (χ2v) is 5.71. The van der Waals surface area contributed by atoms with Crippen LogP contribution in [-0.2, 0) is 18.0 Å². The third-order valence-electron chi connectivity index (χ3n) is 3.14. The van der Waals surface area contributed by atoms with Crippen molar-refractivity contribution in [2.75, 3.05) is 0 Å². The van der Waals surface area contributed by atoms with E-state index in [0.717, 1.165) is 25.3 Å². The number of aryl methyl sites for hydroxylation is 1. The quantitative estimate of drug-likeness (QED) is 0.448. The molecule has 1 heterocycles. The lowest BCUT2D eigenvalue weighted by Gasteiger charge is -2.13. The van der Waals surface area contributed by atoms with Gasteiger partial charge < -0.3 is 0 Å². The molecule has 0 unspecified atom stereocenters. The van der Waals surface area contributed by atoms with Crippen LogP contribution in [0.2, 0.25) is 5.02 Å². The van der Waals surface area contributed by atoms with E-state index in [2.05, 4.69) is 5.10 Å². The van der Waals surface area contributed by atoms with Crippen molar-refractivity contribution >= 4 is 35.6 Å². The average Bonchev–Trinajstić information content (AvgIpc) is 2.50. The molecule has 2 aromatic rings. The zero-order valence-corrected chi connectivity index (χ0v) is 13.9. The van der Waals surface area contributed by atoms with E-state index in [9.17, 15) is 27.2 Å². The molecule has 0 aliphatic heterocycles. The number of hydrogen-bond acceptors (Lipinski definition) is 3. The van der Waals surface area contributed by atoms with Gasteiger partial charge in [-0.3, -0.25) is 14.3 Å². The topological polar surface area (TPSA) is 52.0 Å². The molecule has 10 heteroatoms. The summed E-state index contributed by atoms with van der Waals surface area (Å²) in [4.78, 5) is 22.6. The maximum atomic E-state index is 14.2. The van der Waals surface area contributed by atoms with Gasteiger partial charge in [-0.25, -0.2) is 4.39 Å². The maximum absolute atomic E-state index is 14.2. The van der Waals surface area contributed by atoms with Crippen LogP contribution in [0.15, 0.2) is 28.0 Å². The number of alkyl halides is 3. The molecule has 0 saturated carbocycles. The Balaban J connectivity index is 2.71. The first-order valence-electron chi connectivity index (χ1n) is 6.52. The van der Waals surface area contributed by atoms with E-state index in [-0.39, 0.29) is 21.2 Å². The van der Waals surface area contributed by atoms with E-state index < -0.39 is 28.8 Å². The fourth-order valence-corrected chi connectivity index (χ4v) is 2.35. The van der Waals surface area contributed by atoms with Gasteiger partial charge in [0.05, 0.1) is 10.1 Å². The van der Waals surface area contributed by atoms with Crippen LogP contribution in [0.25, 0.3) is 17.3 Å². The molecule has 1 aromatic carbocycles. The Kier molecular flexibility index (Phi) is 5.34. The van der Waals surface area contributed by atoms with Crippen molar-refractivity contribution in [3.8, 4) is 11.3 Å². The Morgan fingerprint density at radius 3 is 2.48 bits per heavy atom. The molecule has 0 fully saturated rings. The molecule has 0 N–H and O–H groups in total. The molecule has 0 radical (unpaired) electrons. The van der Waals surface area contributed by atoms with Gasteiger partial charge in [-0.15, -0.1) is 0 Å². The van der Waals surface area contributed by atoms with Crippen molar-refractivity contribution in [3.05, 3.63) is 55.6 Å². The maximum Gasteiger partial charge on any atom is 0.433 e. The van der Waals surface area contributed by atoms with Crippen LogP contribution >= 0.6 is 23.2 Å². The monoisotopic (exact) mass is 394 g/mol. The van der Waals surface area contributed by atoms with Crippen LogP contribution in [0.1, 0.15) is 11.3 Å². The van der Waals surface area contributed by atoms with Gasteiger partial charge in [-0.05, 0) is 23.8 Å². The van der Waals surface area contributed by atoms with E-state index >= 15 is 0 Å². The Morgan fingerprint density at radius 1 is 1.28 bits per heavy atom. The van der Waals surface area contributed by atoms with Crippen molar-refractivity contribution in [1.29, 1.82) is 0 Å². The molecule has 0 atom stereocenters. The zero-order chi connectivity index (χ0) is 18.9. The molecular formula is C15H8Cl2F4N2O2. The van der Waals surface area contributed by atoms with Crippen molar-refractivity contribution in [1.82, 2.24) is 9.78 Å². The third kappa shape index (κ3) is 4.08. The lowest BCUT2D eigenvalue weighted by molar-refractivity contribution is -0.144. The summed E-state index contributed by atoms with van der Waals surface area (Å²) < 4.78 is 53.0. The van der Waals surface area contributed by atoms with E-state index in [1.807, 2.05) is 0 Å². The molecule has 0 amide bonds. The summed E-state index contributed by atoms with van der Waals surface area (Å²) in [6, 6.07) is 2.24. The number of benzene rings is 1. The molecule has 0 aliphatic rings. The highest BCUT2D eigenvalue weighted by atomic mass is 35.5. The van der Waals surface area contributed by atoms with E-state index in [4.69, 9.17) is 23.2 Å². The highest BCUT2D eigenvalue weighted by Gasteiger charge is 2.34. The van der Waals surface area contributed by atoms with Crippen molar-refractivity contribution in [3.63, 3.8) is 0 Å². The highest BCUT2D eigenvalue weighted by molar-refractivity contribution is 6.41. The highest BCUT2D eigenvalue weighted by Crippen LogP contribution is 2.30. The summed E-state index contributed by atoms with van der Waals surface area (Å²) in [5.74, 6) is -0.964. The number of hydrogen-bond donors (Lipinski definition) is 0. The summed E-state index contributed by atoms with van der Waals surface area (Å²) in [7, 11) is 0.976. The number of allylic oxidation sites excluding steroid dienone is 1. The van der Waals surface area contributed by atoms with Crippen LogP contribution in [-0.4, -0.2) is 16.1 Å². The number of aromatic nitrogens is 2. The van der Waals surface area contributed by atoms with Crippen LogP contribution in [0, 0.1) is 5.82 Å². The molecule has 25 heavy (non-hydrogen) atoms. The predicted octanol–water partition coefficient (Wildman–Crippen LogP) is 4.04. The number of rotatable bonds is 3. The van der Waals surface area contributed by atoms with Crippen molar-refractivity contribution < 1.29 is 22.4 Å². The average molecular weight is 395 g/mol. The first-order chi connectivity index (χ1) is 11.5. The first kappa shape index (κ1) is 19.1. The Hall–Kier alpha value is -2.19. The lowest BCUT2D eigenvalue weighted by atomic mass is 10.1. The number of halogens is 6. The van der Waals surface area contributed by atoms with Crippen molar-refractivity contribution in [2.45, 2.75) is 6.18 Å². The van der Waals surface area contributed by atoms with Gasteiger partial charge >= 0.3 is 6.18 Å². The number of aldehydes is 1. The van der Waals surface area contributed by atoms with Gasteiger partial charge in [-0.1, -0.05) is 23.2 Å². The second kappa shape index (κ2) is 6.97. The van der Waals surface area contributed by atoms with Crippen molar-refractivity contribution in [2.24, 2.45) is 7.05 Å². The fraction of sp³-hybridized carbons (Fsp3) is 0.133. The molecule has 0 spiro atoms. The van der Waals surface area contributed by atoms with E-state index in [1.165, 1.54) is 0 Å². The summed E-state index contributed by atoms with van der Waals surface area (Å²) in [5, 5.41) is 3.17. The fourth-order valence-electron chi connectivity index (χ4n) is 2.03. The van der Waals surface area contributed by atoms with E-state index in [1.54, 1.807) is 0 Å². The summed E-state index contributed by atoms with van der Waals surface area (Å²) in [5.41, 5.74) is -3.22. The zero-order valence-electron chi connectivity index (χ0n) is 12.4. The lowest BCUT2D eigenvalue weighted by Crippen LogP contribution is -2.22. The molecule has 0 saturated heterocycles. The molecule has 1 aromatic heterocycles. The SMILES string of the molecule is Cn1nc(-c2cc(/C=C(\Cl)C=O)c(Cl)cc2F)c(=O)cc1C(F)(F)F. The molecule has 132 valence electrons. The Bertz CT molecular complexity index is 936. The molecular weight excluding hydrogens is 387 g/mol.